The van der Waals surface area contributed by atoms with Crippen LogP contribution in [0.2, 0.25) is 0 Å². The van der Waals surface area contributed by atoms with Crippen LogP contribution in [-0.2, 0) is 32.9 Å². The molecule has 0 unspecified atom stereocenters. The molecule has 14 heteroatoms. The van der Waals surface area contributed by atoms with Gasteiger partial charge in [0, 0.05) is 23.8 Å². The molecule has 4 atom stereocenters. The standard InChI is InChI=1S/C48H86NO11PS/c1-4-5-6-7-8-9-10-18-21-24-27-30-35-45(44(50)34-32-36-46(51)52)62-40-43(49)48(54)60-42(39-59-61(55,56)57)38-58-47(53)37-31-28-25-22-19-16-14-12-11-13-15-17-20-23-26-29-33-41(2)3/h8-9,18,21,24,27,30,35,41-45,50H,4-7,10-17,19-20,22-23,25-26,28-29,31-34,36-40,49H2,1-3H3,(H,51,52)(H2,55,56,57)/b9-8-,21-18-,27-24+,35-30+/t42-,43+,44+,45-/m1/s1. The number of phosphoric acid groups is 1. The maximum atomic E-state index is 13.0. The van der Waals surface area contributed by atoms with E-state index in [0.717, 1.165) is 38.0 Å². The first-order chi connectivity index (χ1) is 29.7. The van der Waals surface area contributed by atoms with Gasteiger partial charge < -0.3 is 35.2 Å². The lowest BCUT2D eigenvalue weighted by atomic mass is 10.0. The van der Waals surface area contributed by atoms with Gasteiger partial charge in [0.2, 0.25) is 0 Å². The van der Waals surface area contributed by atoms with Crippen molar-refractivity contribution < 1.29 is 52.9 Å². The number of nitrogens with two attached hydrogens (primary N) is 1. The average molecular weight is 916 g/mol. The molecule has 62 heavy (non-hydrogen) atoms. The summed E-state index contributed by atoms with van der Waals surface area (Å²) in [5.74, 6) is -1.56. The van der Waals surface area contributed by atoms with Crippen LogP contribution in [0.1, 0.15) is 188 Å². The second kappa shape index (κ2) is 41.5. The second-order valence-corrected chi connectivity index (χ2v) is 19.2. The molecular formula is C48H86NO11PS. The minimum atomic E-state index is -4.92. The fraction of sp³-hybridized carbons (Fsp3) is 0.771. The maximum absolute atomic E-state index is 13.0. The van der Waals surface area contributed by atoms with E-state index in [1.165, 1.54) is 114 Å². The van der Waals surface area contributed by atoms with Gasteiger partial charge in [0.1, 0.15) is 12.6 Å². The molecule has 0 aromatic carbocycles. The molecule has 0 spiro atoms. The zero-order valence-corrected chi connectivity index (χ0v) is 40.3. The molecule has 360 valence electrons. The van der Waals surface area contributed by atoms with Crippen LogP contribution in [0.25, 0.3) is 0 Å². The number of aliphatic hydroxyl groups is 1. The van der Waals surface area contributed by atoms with Crippen molar-refractivity contribution in [2.45, 2.75) is 211 Å². The number of thioether (sulfide) groups is 1. The third kappa shape index (κ3) is 41.7. The van der Waals surface area contributed by atoms with Crippen molar-refractivity contribution in [2.24, 2.45) is 11.7 Å². The number of esters is 2. The molecular weight excluding hydrogens is 830 g/mol. The Hall–Kier alpha value is -2.25. The molecule has 0 saturated heterocycles. The minimum absolute atomic E-state index is 0.00282. The first-order valence-corrected chi connectivity index (χ1v) is 26.3. The number of ether oxygens (including phenoxy) is 2. The molecule has 0 heterocycles. The predicted molar refractivity (Wildman–Crippen MR) is 254 cm³/mol. The second-order valence-electron chi connectivity index (χ2n) is 16.8. The van der Waals surface area contributed by atoms with Crippen molar-refractivity contribution in [1.82, 2.24) is 0 Å². The summed E-state index contributed by atoms with van der Waals surface area (Å²) < 4.78 is 26.6. The highest BCUT2D eigenvalue weighted by Crippen LogP contribution is 2.36. The molecule has 0 aromatic heterocycles. The van der Waals surface area contributed by atoms with Gasteiger partial charge in [-0.2, -0.15) is 0 Å². The van der Waals surface area contributed by atoms with Gasteiger partial charge in [-0.1, -0.05) is 185 Å². The van der Waals surface area contributed by atoms with Gasteiger partial charge in [0.25, 0.3) is 0 Å². The number of rotatable bonds is 43. The highest BCUT2D eigenvalue weighted by atomic mass is 32.2. The number of hydrogen-bond acceptors (Lipinski definition) is 10. The lowest BCUT2D eigenvalue weighted by Crippen LogP contribution is -2.40. The van der Waals surface area contributed by atoms with Crippen LogP contribution in [-0.4, -0.2) is 80.4 Å². The number of unbranched alkanes of at least 4 members (excludes halogenated alkanes) is 18. The molecule has 12 nitrogen and oxygen atoms in total. The van der Waals surface area contributed by atoms with Crippen molar-refractivity contribution in [1.29, 1.82) is 0 Å². The number of aliphatic carboxylic acids is 1. The fourth-order valence-corrected chi connectivity index (χ4v) is 8.06. The molecule has 0 bridgehead atoms. The molecule has 0 amide bonds. The van der Waals surface area contributed by atoms with Gasteiger partial charge in [0.15, 0.2) is 6.10 Å². The number of carboxylic acid groups (broad SMARTS) is 1. The van der Waals surface area contributed by atoms with Crippen LogP contribution >= 0.6 is 19.6 Å². The molecule has 0 radical (unpaired) electrons. The summed E-state index contributed by atoms with van der Waals surface area (Å²) in [5, 5.41) is 19.4. The van der Waals surface area contributed by atoms with Gasteiger partial charge in [-0.3, -0.25) is 18.9 Å². The number of carbonyl (C=O) groups excluding carboxylic acids is 2. The van der Waals surface area contributed by atoms with E-state index in [9.17, 15) is 33.8 Å². The van der Waals surface area contributed by atoms with E-state index >= 15 is 0 Å². The quantitative estimate of drug-likeness (QED) is 0.0127. The summed E-state index contributed by atoms with van der Waals surface area (Å²) in [6.07, 6.45) is 40.2. The summed E-state index contributed by atoms with van der Waals surface area (Å²) >= 11 is 1.18. The summed E-state index contributed by atoms with van der Waals surface area (Å²) in [6.45, 7) is 5.59. The number of allylic oxidation sites excluding steroid dienone is 7. The Morgan fingerprint density at radius 2 is 1.27 bits per heavy atom. The summed E-state index contributed by atoms with van der Waals surface area (Å²) in [4.78, 5) is 54.9. The van der Waals surface area contributed by atoms with E-state index in [4.69, 9.17) is 20.3 Å². The van der Waals surface area contributed by atoms with Crippen LogP contribution in [0, 0.1) is 5.92 Å². The van der Waals surface area contributed by atoms with Crippen molar-refractivity contribution >= 4 is 37.5 Å². The van der Waals surface area contributed by atoms with E-state index in [0.29, 0.717) is 6.42 Å². The van der Waals surface area contributed by atoms with E-state index in [-0.39, 0.29) is 31.4 Å². The van der Waals surface area contributed by atoms with Crippen molar-refractivity contribution in [2.75, 3.05) is 19.0 Å². The van der Waals surface area contributed by atoms with Crippen LogP contribution in [0.5, 0.6) is 0 Å². The SMILES string of the molecule is CCCCC/C=C\C\C=C/C=C/C=C/[C@@H](SC[C@H](N)C(=O)O[C@H](COC(=O)CCCCCCCCCCCCCCCCCCC(C)C)COP(=O)(O)O)[C@@H](O)CCCC(=O)O. The van der Waals surface area contributed by atoms with Crippen LogP contribution in [0.15, 0.2) is 48.6 Å². The summed E-state index contributed by atoms with van der Waals surface area (Å²) in [6, 6.07) is -1.20. The molecule has 0 aliphatic carbocycles. The normalized spacial score (nSPS) is 14.4. The van der Waals surface area contributed by atoms with Crippen LogP contribution < -0.4 is 5.73 Å². The van der Waals surface area contributed by atoms with Crippen LogP contribution in [0.3, 0.4) is 0 Å². The summed E-state index contributed by atoms with van der Waals surface area (Å²) in [7, 11) is -4.92. The monoisotopic (exact) mass is 916 g/mol. The topological polar surface area (TPSA) is 203 Å². The van der Waals surface area contributed by atoms with Gasteiger partial charge >= 0.3 is 25.7 Å². The molecule has 0 fully saturated rings. The van der Waals surface area contributed by atoms with Crippen molar-refractivity contribution in [3.63, 3.8) is 0 Å². The molecule has 0 aromatic rings. The average Bonchev–Trinajstić information content (AvgIpc) is 3.21. The van der Waals surface area contributed by atoms with E-state index in [2.05, 4.69) is 37.4 Å². The van der Waals surface area contributed by atoms with Gasteiger partial charge in [0.05, 0.1) is 12.7 Å². The van der Waals surface area contributed by atoms with Gasteiger partial charge in [-0.05, 0) is 44.4 Å². The molecule has 0 aliphatic rings. The molecule has 0 saturated carbocycles. The fourth-order valence-electron chi connectivity index (χ4n) is 6.57. The van der Waals surface area contributed by atoms with E-state index < -0.39 is 62.4 Å². The Balaban J connectivity index is 4.69. The van der Waals surface area contributed by atoms with Gasteiger partial charge in [-0.15, -0.1) is 11.8 Å². The smallest absolute Gasteiger partial charge is 0.469 e. The molecule has 0 aliphatic heterocycles. The third-order valence-corrected chi connectivity index (χ3v) is 12.2. The Morgan fingerprint density at radius 1 is 0.694 bits per heavy atom. The first kappa shape index (κ1) is 59.8. The zero-order chi connectivity index (χ0) is 46.1. The van der Waals surface area contributed by atoms with Gasteiger partial charge in [-0.25, -0.2) is 4.57 Å². The largest absolute Gasteiger partial charge is 0.481 e. The highest BCUT2D eigenvalue weighted by molar-refractivity contribution is 8.00. The van der Waals surface area contributed by atoms with E-state index in [1.807, 2.05) is 24.3 Å². The Labute approximate surface area is 379 Å². The Morgan fingerprint density at radius 3 is 1.84 bits per heavy atom. The molecule has 0 rings (SSSR count). The highest BCUT2D eigenvalue weighted by Gasteiger charge is 2.27. The number of aliphatic hydroxyl groups excluding tert-OH is 1. The third-order valence-electron chi connectivity index (χ3n) is 10.3. The Bertz CT molecular complexity index is 1290. The predicted octanol–water partition coefficient (Wildman–Crippen LogP) is 11.5. The number of carboxylic acids is 1. The van der Waals surface area contributed by atoms with Crippen LogP contribution in [0.4, 0.5) is 0 Å². The van der Waals surface area contributed by atoms with Crippen molar-refractivity contribution in [3.05, 3.63) is 48.6 Å². The molecule has 6 N–H and O–H groups in total. The lowest BCUT2D eigenvalue weighted by molar-refractivity contribution is -0.161. The first-order valence-electron chi connectivity index (χ1n) is 23.7. The lowest BCUT2D eigenvalue weighted by Gasteiger charge is -2.23. The van der Waals surface area contributed by atoms with Crippen molar-refractivity contribution in [3.8, 4) is 0 Å². The number of carbonyl (C=O) groups is 3. The zero-order valence-electron chi connectivity index (χ0n) is 38.6. The maximum Gasteiger partial charge on any atom is 0.469 e. The summed E-state index contributed by atoms with van der Waals surface area (Å²) in [5.41, 5.74) is 6.13. The number of hydrogen-bond donors (Lipinski definition) is 5. The number of phosphoric ester groups is 1. The Kier molecular flexibility index (Phi) is 39.9. The minimum Gasteiger partial charge on any atom is -0.481 e. The van der Waals surface area contributed by atoms with E-state index in [1.54, 1.807) is 12.2 Å².